The highest BCUT2D eigenvalue weighted by Gasteiger charge is 2.23. The summed E-state index contributed by atoms with van der Waals surface area (Å²) >= 11 is 0. The Morgan fingerprint density at radius 1 is 1.12 bits per heavy atom. The maximum atomic E-state index is 5.55. The van der Waals surface area contributed by atoms with E-state index in [1.54, 1.807) is 13.3 Å². The molecule has 7 nitrogen and oxygen atoms in total. The summed E-state index contributed by atoms with van der Waals surface area (Å²) < 4.78 is 7.52. The number of ether oxygens (including phenoxy) is 1. The molecule has 1 unspecified atom stereocenters. The van der Waals surface area contributed by atoms with E-state index in [9.17, 15) is 0 Å². The first kappa shape index (κ1) is 17.8. The molecule has 0 fully saturated rings. The van der Waals surface area contributed by atoms with E-state index in [-0.39, 0.29) is 6.04 Å². The molecule has 1 atom stereocenters. The number of aryl methyl sites for hydroxylation is 3. The van der Waals surface area contributed by atoms with E-state index in [4.69, 9.17) is 4.74 Å². The molecular weight excluding hydrogens is 328 g/mol. The van der Waals surface area contributed by atoms with Gasteiger partial charge >= 0.3 is 0 Å². The predicted octanol–water partition coefficient (Wildman–Crippen LogP) is 2.94. The predicted molar refractivity (Wildman–Crippen MR) is 100 cm³/mol. The van der Waals surface area contributed by atoms with Gasteiger partial charge in [-0.3, -0.25) is 0 Å². The van der Waals surface area contributed by atoms with Gasteiger partial charge in [0.15, 0.2) is 0 Å². The number of hydrogen-bond acceptors (Lipinski definition) is 6. The number of para-hydroxylation sites is 1. The van der Waals surface area contributed by atoms with Crippen molar-refractivity contribution >= 4 is 5.95 Å². The van der Waals surface area contributed by atoms with Gasteiger partial charge in [0.25, 0.3) is 0 Å². The summed E-state index contributed by atoms with van der Waals surface area (Å²) in [6.45, 7) is 4.13. The van der Waals surface area contributed by atoms with E-state index in [1.165, 1.54) is 0 Å². The number of nitrogens with zero attached hydrogens (tertiary/aromatic N) is 5. The zero-order chi connectivity index (χ0) is 18.5. The molecule has 0 radical (unpaired) electrons. The number of anilines is 1. The standard InChI is InChI=1S/C19H24N6O/c1-5-14-15(6-2)23-24-19(21-14)22-17(18-20-11-12-25(18)3)13-9-7-8-10-16(13)26-4/h7-12,17H,5-6H2,1-4H3,(H,21,22,24). The highest BCUT2D eigenvalue weighted by Crippen LogP contribution is 2.31. The van der Waals surface area contributed by atoms with E-state index in [1.807, 2.05) is 42.1 Å². The topological polar surface area (TPSA) is 77.8 Å². The van der Waals surface area contributed by atoms with Gasteiger partial charge in [0, 0.05) is 25.0 Å². The maximum Gasteiger partial charge on any atom is 0.243 e. The quantitative estimate of drug-likeness (QED) is 0.704. The summed E-state index contributed by atoms with van der Waals surface area (Å²) in [5.74, 6) is 2.11. The van der Waals surface area contributed by atoms with Gasteiger partial charge in [-0.1, -0.05) is 32.0 Å². The van der Waals surface area contributed by atoms with Crippen molar-refractivity contribution in [1.82, 2.24) is 24.7 Å². The van der Waals surface area contributed by atoms with Crippen molar-refractivity contribution in [3.63, 3.8) is 0 Å². The smallest absolute Gasteiger partial charge is 0.243 e. The van der Waals surface area contributed by atoms with Gasteiger partial charge in [0.05, 0.1) is 18.5 Å². The molecule has 26 heavy (non-hydrogen) atoms. The van der Waals surface area contributed by atoms with Crippen LogP contribution in [0.2, 0.25) is 0 Å². The fourth-order valence-electron chi connectivity index (χ4n) is 2.97. The third-order valence-electron chi connectivity index (χ3n) is 4.35. The maximum absolute atomic E-state index is 5.55. The minimum absolute atomic E-state index is 0.259. The minimum Gasteiger partial charge on any atom is -0.496 e. The Morgan fingerprint density at radius 3 is 2.54 bits per heavy atom. The molecule has 0 saturated carbocycles. The van der Waals surface area contributed by atoms with Gasteiger partial charge in [0.1, 0.15) is 17.6 Å². The number of rotatable bonds is 7. The molecule has 136 valence electrons. The van der Waals surface area contributed by atoms with E-state index in [0.717, 1.165) is 41.4 Å². The van der Waals surface area contributed by atoms with E-state index in [0.29, 0.717) is 5.95 Å². The number of benzene rings is 1. The normalized spacial score (nSPS) is 12.0. The zero-order valence-electron chi connectivity index (χ0n) is 15.6. The number of aromatic nitrogens is 5. The number of hydrogen-bond donors (Lipinski definition) is 1. The fraction of sp³-hybridized carbons (Fsp3) is 0.368. The highest BCUT2D eigenvalue weighted by molar-refractivity contribution is 5.44. The van der Waals surface area contributed by atoms with Crippen LogP contribution in [0, 0.1) is 0 Å². The molecular formula is C19H24N6O. The Labute approximate surface area is 153 Å². The van der Waals surface area contributed by atoms with Gasteiger partial charge in [-0.25, -0.2) is 9.97 Å². The van der Waals surface area contributed by atoms with Crippen molar-refractivity contribution in [2.45, 2.75) is 32.7 Å². The van der Waals surface area contributed by atoms with Crippen LogP contribution >= 0.6 is 0 Å². The summed E-state index contributed by atoms with van der Waals surface area (Å²) in [6, 6.07) is 7.61. The molecule has 0 spiro atoms. The molecule has 3 rings (SSSR count). The SMILES string of the molecule is CCc1nnc(NC(c2ccccc2OC)c2nccn2C)nc1CC. The summed E-state index contributed by atoms with van der Waals surface area (Å²) in [6.07, 6.45) is 5.32. The first-order valence-electron chi connectivity index (χ1n) is 8.77. The second kappa shape index (κ2) is 7.95. The van der Waals surface area contributed by atoms with Crippen molar-refractivity contribution in [2.75, 3.05) is 12.4 Å². The van der Waals surface area contributed by atoms with Crippen LogP contribution in [0.4, 0.5) is 5.95 Å². The van der Waals surface area contributed by atoms with E-state index >= 15 is 0 Å². The van der Waals surface area contributed by atoms with Gasteiger partial charge in [0.2, 0.25) is 5.95 Å². The van der Waals surface area contributed by atoms with Crippen LogP contribution in [0.15, 0.2) is 36.7 Å². The molecule has 2 aromatic heterocycles. The molecule has 3 aromatic rings. The molecule has 0 amide bonds. The van der Waals surface area contributed by atoms with Gasteiger partial charge in [-0.05, 0) is 18.9 Å². The molecule has 1 N–H and O–H groups in total. The zero-order valence-corrected chi connectivity index (χ0v) is 15.6. The molecule has 0 aliphatic carbocycles. The second-order valence-electron chi connectivity index (χ2n) is 5.95. The van der Waals surface area contributed by atoms with Gasteiger partial charge < -0.3 is 14.6 Å². The Morgan fingerprint density at radius 2 is 1.88 bits per heavy atom. The Balaban J connectivity index is 2.04. The highest BCUT2D eigenvalue weighted by atomic mass is 16.5. The summed E-state index contributed by atoms with van der Waals surface area (Å²) in [7, 11) is 3.63. The van der Waals surface area contributed by atoms with Crippen LogP contribution in [0.5, 0.6) is 5.75 Å². The van der Waals surface area contributed by atoms with Gasteiger partial charge in [-0.15, -0.1) is 5.10 Å². The van der Waals surface area contributed by atoms with E-state index in [2.05, 4.69) is 39.3 Å². The van der Waals surface area contributed by atoms with Crippen molar-refractivity contribution in [2.24, 2.45) is 7.05 Å². The Kier molecular flexibility index (Phi) is 5.46. The van der Waals surface area contributed by atoms with Crippen LogP contribution < -0.4 is 10.1 Å². The molecule has 0 aliphatic heterocycles. The minimum atomic E-state index is -0.259. The monoisotopic (exact) mass is 352 g/mol. The molecule has 7 heteroatoms. The van der Waals surface area contributed by atoms with Crippen molar-refractivity contribution < 1.29 is 4.74 Å². The lowest BCUT2D eigenvalue weighted by Gasteiger charge is -2.21. The molecule has 2 heterocycles. The molecule has 1 aromatic carbocycles. The van der Waals surface area contributed by atoms with Gasteiger partial charge in [-0.2, -0.15) is 5.10 Å². The fourth-order valence-corrected chi connectivity index (χ4v) is 2.97. The summed E-state index contributed by atoms with van der Waals surface area (Å²) in [5.41, 5.74) is 2.86. The average Bonchev–Trinajstić information content (AvgIpc) is 3.11. The third-order valence-corrected chi connectivity index (χ3v) is 4.35. The lowest BCUT2D eigenvalue weighted by Crippen LogP contribution is -2.20. The van der Waals surface area contributed by atoms with E-state index < -0.39 is 0 Å². The third kappa shape index (κ3) is 3.51. The molecule has 0 saturated heterocycles. The summed E-state index contributed by atoms with van der Waals surface area (Å²) in [5, 5.41) is 12.0. The van der Waals surface area contributed by atoms with Crippen LogP contribution in [0.1, 0.15) is 42.7 Å². The number of nitrogens with one attached hydrogen (secondary N) is 1. The summed E-state index contributed by atoms with van der Waals surface area (Å²) in [4.78, 5) is 9.17. The molecule has 0 bridgehead atoms. The number of imidazole rings is 1. The lowest BCUT2D eigenvalue weighted by atomic mass is 10.0. The largest absolute Gasteiger partial charge is 0.496 e. The van der Waals surface area contributed by atoms with Crippen LogP contribution in [-0.4, -0.2) is 31.8 Å². The Bertz CT molecular complexity index is 876. The second-order valence-corrected chi connectivity index (χ2v) is 5.95. The Hall–Kier alpha value is -2.96. The molecule has 0 aliphatic rings. The first-order chi connectivity index (χ1) is 12.7. The first-order valence-corrected chi connectivity index (χ1v) is 8.77. The van der Waals surface area contributed by atoms with Crippen LogP contribution in [0.25, 0.3) is 0 Å². The van der Waals surface area contributed by atoms with Crippen LogP contribution in [-0.2, 0) is 19.9 Å². The van der Waals surface area contributed by atoms with Crippen molar-refractivity contribution in [3.05, 3.63) is 59.4 Å². The number of methoxy groups -OCH3 is 1. The van der Waals surface area contributed by atoms with Crippen molar-refractivity contribution in [1.29, 1.82) is 0 Å². The van der Waals surface area contributed by atoms with Crippen molar-refractivity contribution in [3.8, 4) is 5.75 Å². The lowest BCUT2D eigenvalue weighted by molar-refractivity contribution is 0.408. The average molecular weight is 352 g/mol. The van der Waals surface area contributed by atoms with Crippen LogP contribution in [0.3, 0.4) is 0 Å².